The molecule has 1 aromatic heterocycles. The minimum atomic E-state index is -1.11. The lowest BCUT2D eigenvalue weighted by Gasteiger charge is -2.35. The van der Waals surface area contributed by atoms with Gasteiger partial charge in [-0.3, -0.25) is 14.6 Å². The topological polar surface area (TPSA) is 74.4 Å². The number of ether oxygens (including phenoxy) is 2. The van der Waals surface area contributed by atoms with E-state index >= 15 is 0 Å². The molecule has 0 spiro atoms. The van der Waals surface area contributed by atoms with Gasteiger partial charge in [0.2, 0.25) is 6.79 Å². The Morgan fingerprint density at radius 1 is 1.07 bits per heavy atom. The Morgan fingerprint density at radius 2 is 1.83 bits per heavy atom. The summed E-state index contributed by atoms with van der Waals surface area (Å²) in [7, 11) is 0. The van der Waals surface area contributed by atoms with Gasteiger partial charge in [0.25, 0.3) is 5.91 Å². The van der Waals surface area contributed by atoms with E-state index < -0.39 is 5.54 Å². The van der Waals surface area contributed by atoms with Crippen molar-refractivity contribution >= 4 is 23.3 Å². The molecule has 3 aliphatic rings. The average molecular weight is 429 g/mol. The van der Waals surface area contributed by atoms with E-state index in [4.69, 9.17) is 9.47 Å². The quantitative estimate of drug-likeness (QED) is 0.735. The molecule has 9 heteroatoms. The summed E-state index contributed by atoms with van der Waals surface area (Å²) in [4.78, 5) is 33.1. The molecule has 158 valence electrons. The number of hydrogen-bond acceptors (Lipinski definition) is 7. The van der Waals surface area contributed by atoms with Crippen LogP contribution in [-0.2, 0) is 16.9 Å². The van der Waals surface area contributed by atoms with Crippen LogP contribution in [0.2, 0.25) is 0 Å². The zero-order valence-electron chi connectivity index (χ0n) is 16.8. The van der Waals surface area contributed by atoms with Gasteiger partial charge in [-0.2, -0.15) is 0 Å². The van der Waals surface area contributed by atoms with Gasteiger partial charge in [0.15, 0.2) is 11.5 Å². The highest BCUT2D eigenvalue weighted by Gasteiger charge is 2.49. The normalized spacial score (nSPS) is 24.5. The van der Waals surface area contributed by atoms with Crippen LogP contribution in [0.1, 0.15) is 17.4 Å². The summed E-state index contributed by atoms with van der Waals surface area (Å²) in [5.74, 6) is 1.000. The van der Waals surface area contributed by atoms with E-state index in [1.807, 2.05) is 0 Å². The Kier molecular flexibility index (Phi) is 4.88. The standard InChI is InChI=1S/C21H24N4O4S/c1-21(15-4-5-17-18(11-15)29-14-28-17)19(26)25(20(27)22-21)13-24-8-6-23(7-9-24)12-16-3-2-10-30-16/h2-5,10-11H,6-9,12-14H2,1H3,(H,22,27). The van der Waals surface area contributed by atoms with Gasteiger partial charge >= 0.3 is 6.03 Å². The van der Waals surface area contributed by atoms with Crippen LogP contribution in [0.5, 0.6) is 11.5 Å². The number of fused-ring (bicyclic) bond motifs is 1. The molecule has 30 heavy (non-hydrogen) atoms. The maximum Gasteiger partial charge on any atom is 0.326 e. The summed E-state index contributed by atoms with van der Waals surface area (Å²) < 4.78 is 10.8. The molecule has 2 saturated heterocycles. The van der Waals surface area contributed by atoms with Crippen molar-refractivity contribution in [2.24, 2.45) is 0 Å². The summed E-state index contributed by atoms with van der Waals surface area (Å²) in [6.07, 6.45) is 0. The van der Waals surface area contributed by atoms with Crippen molar-refractivity contribution in [1.82, 2.24) is 20.0 Å². The van der Waals surface area contributed by atoms with Crippen molar-refractivity contribution < 1.29 is 19.1 Å². The number of nitrogens with one attached hydrogen (secondary N) is 1. The fourth-order valence-corrected chi connectivity index (χ4v) is 4.89. The Bertz CT molecular complexity index is 958. The Balaban J connectivity index is 1.23. The maximum absolute atomic E-state index is 13.2. The second-order valence-corrected chi connectivity index (χ2v) is 9.00. The molecule has 1 atom stereocenters. The molecule has 5 rings (SSSR count). The molecule has 3 aliphatic heterocycles. The Morgan fingerprint density at radius 3 is 2.60 bits per heavy atom. The van der Waals surface area contributed by atoms with Crippen molar-refractivity contribution in [2.75, 3.05) is 39.6 Å². The van der Waals surface area contributed by atoms with Gasteiger partial charge in [-0.05, 0) is 36.1 Å². The molecule has 8 nitrogen and oxygen atoms in total. The lowest BCUT2D eigenvalue weighted by molar-refractivity contribution is -0.132. The fourth-order valence-electron chi connectivity index (χ4n) is 4.14. The van der Waals surface area contributed by atoms with E-state index in [-0.39, 0.29) is 18.7 Å². The third kappa shape index (κ3) is 3.42. The van der Waals surface area contributed by atoms with E-state index in [9.17, 15) is 9.59 Å². The van der Waals surface area contributed by atoms with Crippen LogP contribution in [0.3, 0.4) is 0 Å². The third-order valence-electron chi connectivity index (χ3n) is 5.99. The summed E-state index contributed by atoms with van der Waals surface area (Å²) in [5.41, 5.74) is -0.424. The van der Waals surface area contributed by atoms with Gasteiger partial charge in [-0.15, -0.1) is 11.3 Å². The summed E-state index contributed by atoms with van der Waals surface area (Å²) in [5, 5.41) is 4.97. The van der Waals surface area contributed by atoms with Gasteiger partial charge in [0.1, 0.15) is 5.54 Å². The first kappa shape index (κ1) is 19.3. The van der Waals surface area contributed by atoms with Gasteiger partial charge in [0.05, 0.1) is 6.67 Å². The van der Waals surface area contributed by atoms with Crippen LogP contribution in [0.25, 0.3) is 0 Å². The molecule has 1 unspecified atom stereocenters. The van der Waals surface area contributed by atoms with Crippen molar-refractivity contribution in [2.45, 2.75) is 19.0 Å². The van der Waals surface area contributed by atoms with Crippen LogP contribution >= 0.6 is 11.3 Å². The fraction of sp³-hybridized carbons (Fsp3) is 0.429. The maximum atomic E-state index is 13.2. The molecule has 2 fully saturated rings. The molecule has 0 radical (unpaired) electrons. The number of benzene rings is 1. The zero-order chi connectivity index (χ0) is 20.7. The van der Waals surface area contributed by atoms with Crippen LogP contribution < -0.4 is 14.8 Å². The molecule has 1 N–H and O–H groups in total. The number of carbonyl (C=O) groups excluding carboxylic acids is 2. The van der Waals surface area contributed by atoms with E-state index in [1.165, 1.54) is 9.78 Å². The minimum absolute atomic E-state index is 0.167. The molecule has 3 amide bonds. The second-order valence-electron chi connectivity index (χ2n) is 7.97. The molecule has 0 saturated carbocycles. The van der Waals surface area contributed by atoms with Crippen molar-refractivity contribution in [3.8, 4) is 11.5 Å². The molecule has 0 aliphatic carbocycles. The monoisotopic (exact) mass is 428 g/mol. The van der Waals surface area contributed by atoms with Gasteiger partial charge < -0.3 is 14.8 Å². The Labute approximate surface area is 179 Å². The van der Waals surface area contributed by atoms with E-state index in [0.29, 0.717) is 23.7 Å². The van der Waals surface area contributed by atoms with Crippen LogP contribution in [0.4, 0.5) is 4.79 Å². The first-order chi connectivity index (χ1) is 14.5. The first-order valence-electron chi connectivity index (χ1n) is 10.0. The van der Waals surface area contributed by atoms with E-state index in [0.717, 1.165) is 32.7 Å². The highest BCUT2D eigenvalue weighted by atomic mass is 32.1. The number of piperazine rings is 1. The molecule has 0 bridgehead atoms. The number of carbonyl (C=O) groups is 2. The SMILES string of the molecule is CC1(c2ccc3c(c2)OCO3)NC(=O)N(CN2CCN(Cc3cccs3)CC2)C1=O. The smallest absolute Gasteiger partial charge is 0.326 e. The summed E-state index contributed by atoms with van der Waals surface area (Å²) >= 11 is 1.77. The van der Waals surface area contributed by atoms with Gasteiger partial charge in [-0.25, -0.2) is 9.69 Å². The highest BCUT2D eigenvalue weighted by molar-refractivity contribution is 7.09. The van der Waals surface area contributed by atoms with Crippen molar-refractivity contribution in [3.63, 3.8) is 0 Å². The Hall–Kier alpha value is -2.62. The average Bonchev–Trinajstić information content (AvgIpc) is 3.47. The van der Waals surface area contributed by atoms with Crippen molar-refractivity contribution in [3.05, 3.63) is 46.2 Å². The largest absolute Gasteiger partial charge is 0.454 e. The number of amides is 3. The van der Waals surface area contributed by atoms with E-state index in [1.54, 1.807) is 36.5 Å². The third-order valence-corrected chi connectivity index (χ3v) is 6.85. The second kappa shape index (κ2) is 7.57. The van der Waals surface area contributed by atoms with Crippen molar-refractivity contribution in [1.29, 1.82) is 0 Å². The van der Waals surface area contributed by atoms with Crippen LogP contribution in [-0.4, -0.2) is 66.3 Å². The lowest BCUT2D eigenvalue weighted by atomic mass is 9.92. The number of rotatable bonds is 5. The lowest BCUT2D eigenvalue weighted by Crippen LogP contribution is -2.51. The van der Waals surface area contributed by atoms with Gasteiger partial charge in [0, 0.05) is 37.6 Å². The molecule has 4 heterocycles. The molecular formula is C21H24N4O4S. The predicted octanol–water partition coefficient (Wildman–Crippen LogP) is 2.02. The number of thiophene rings is 1. The van der Waals surface area contributed by atoms with Gasteiger partial charge in [-0.1, -0.05) is 12.1 Å². The molecular weight excluding hydrogens is 404 g/mol. The highest BCUT2D eigenvalue weighted by Crippen LogP contribution is 2.37. The van der Waals surface area contributed by atoms with Crippen LogP contribution in [0, 0.1) is 0 Å². The van der Waals surface area contributed by atoms with E-state index in [2.05, 4.69) is 32.6 Å². The summed E-state index contributed by atoms with van der Waals surface area (Å²) in [6, 6.07) is 9.22. The minimum Gasteiger partial charge on any atom is -0.454 e. The predicted molar refractivity (Wildman–Crippen MR) is 111 cm³/mol. The summed E-state index contributed by atoms with van der Waals surface area (Å²) in [6.45, 7) is 6.65. The number of imide groups is 1. The zero-order valence-corrected chi connectivity index (χ0v) is 17.6. The number of urea groups is 1. The van der Waals surface area contributed by atoms with Crippen LogP contribution in [0.15, 0.2) is 35.7 Å². The molecule has 1 aromatic carbocycles. The number of nitrogens with zero attached hydrogens (tertiary/aromatic N) is 3. The molecule has 2 aromatic rings. The number of hydrogen-bond donors (Lipinski definition) is 1. The first-order valence-corrected chi connectivity index (χ1v) is 10.9.